The normalized spacial score (nSPS) is 27.0. The molecule has 0 radical (unpaired) electrons. The number of hydrogen-bond donors (Lipinski definition) is 1. The first-order valence-corrected chi connectivity index (χ1v) is 19.1. The van der Waals surface area contributed by atoms with Gasteiger partial charge in [-0.15, -0.1) is 22.7 Å². The third kappa shape index (κ3) is 4.59. The number of anilines is 1. The van der Waals surface area contributed by atoms with Gasteiger partial charge in [-0.25, -0.2) is 9.29 Å². The van der Waals surface area contributed by atoms with Gasteiger partial charge in [-0.3, -0.25) is 28.8 Å². The van der Waals surface area contributed by atoms with Crippen molar-refractivity contribution in [2.45, 2.75) is 39.2 Å². The van der Waals surface area contributed by atoms with E-state index in [0.717, 1.165) is 31.0 Å². The number of rotatable bonds is 5. The van der Waals surface area contributed by atoms with Crippen molar-refractivity contribution in [3.05, 3.63) is 98.5 Å². The third-order valence-electron chi connectivity index (χ3n) is 11.8. The van der Waals surface area contributed by atoms with Crippen molar-refractivity contribution in [2.24, 2.45) is 36.1 Å². The van der Waals surface area contributed by atoms with Crippen molar-refractivity contribution in [3.8, 4) is 16.3 Å². The molecule has 4 amide bonds. The molecule has 1 saturated carbocycles. The molecule has 0 bridgehead atoms. The lowest BCUT2D eigenvalue weighted by molar-refractivity contribution is -0.141. The van der Waals surface area contributed by atoms with E-state index in [4.69, 9.17) is 16.7 Å². The number of imide groups is 2. The van der Waals surface area contributed by atoms with E-state index in [1.54, 1.807) is 37.4 Å². The highest BCUT2D eigenvalue weighted by molar-refractivity contribution is 7.22. The summed E-state index contributed by atoms with van der Waals surface area (Å²) in [5, 5.41) is 18.4. The van der Waals surface area contributed by atoms with Crippen molar-refractivity contribution in [1.82, 2.24) is 14.7 Å². The number of phenolic OH excluding ortho intramolecular Hbond substituents is 1. The van der Waals surface area contributed by atoms with Crippen LogP contribution in [-0.4, -0.2) is 43.4 Å². The minimum Gasteiger partial charge on any atom is -0.505 e. The molecule has 264 valence electrons. The summed E-state index contributed by atoms with van der Waals surface area (Å²) in [5.74, 6) is -6.03. The Kier molecular flexibility index (Phi) is 7.46. The maximum atomic E-state index is 15.1. The van der Waals surface area contributed by atoms with Crippen LogP contribution in [0.1, 0.15) is 41.7 Å². The van der Waals surface area contributed by atoms with Crippen LogP contribution in [0.15, 0.2) is 71.6 Å². The third-order valence-corrected chi connectivity index (χ3v) is 14.2. The van der Waals surface area contributed by atoms with Crippen LogP contribution in [-0.2, 0) is 32.8 Å². The SMILES string of the molecule is Cc1c(-c2cc(N3C(=O)C4CC5C(=CCC6C(=O)N(Cc7cccs7)C(=O)C65)C(c5ccc(O)c(F)c5)C4(C)C3=O)n(C)n2)sc2ccc(Cl)cc12. The fourth-order valence-electron chi connectivity index (χ4n) is 9.31. The molecule has 6 unspecified atom stereocenters. The van der Waals surface area contributed by atoms with Gasteiger partial charge in [-0.05, 0) is 90.9 Å². The minimum absolute atomic E-state index is 0.175. The first kappa shape index (κ1) is 33.2. The van der Waals surface area contributed by atoms with Crippen molar-refractivity contribution in [1.29, 1.82) is 0 Å². The molecule has 6 atom stereocenters. The number of amides is 4. The highest BCUT2D eigenvalue weighted by Crippen LogP contribution is 2.64. The Bertz CT molecular complexity index is 2420. The van der Waals surface area contributed by atoms with E-state index in [1.807, 2.05) is 48.7 Å². The summed E-state index contributed by atoms with van der Waals surface area (Å²) in [6, 6.07) is 15.2. The van der Waals surface area contributed by atoms with Crippen LogP contribution in [0.2, 0.25) is 5.02 Å². The lowest BCUT2D eigenvalue weighted by Crippen LogP contribution is -2.48. The molecule has 2 aliphatic heterocycles. The largest absolute Gasteiger partial charge is 0.505 e. The van der Waals surface area contributed by atoms with Gasteiger partial charge in [-0.2, -0.15) is 5.10 Å². The fraction of sp³-hybridized carbons (Fsp3) is 0.308. The predicted octanol–water partition coefficient (Wildman–Crippen LogP) is 7.60. The molecular formula is C39H32ClFN4O5S2. The van der Waals surface area contributed by atoms with Crippen LogP contribution in [0.5, 0.6) is 5.75 Å². The molecule has 2 aromatic carbocycles. The Labute approximate surface area is 310 Å². The predicted molar refractivity (Wildman–Crippen MR) is 196 cm³/mol. The number of allylic oxidation sites excluding steroid dienone is 2. The number of fused-ring (bicyclic) bond motifs is 5. The monoisotopic (exact) mass is 754 g/mol. The summed E-state index contributed by atoms with van der Waals surface area (Å²) >= 11 is 9.31. The van der Waals surface area contributed by atoms with E-state index in [-0.39, 0.29) is 31.2 Å². The zero-order chi connectivity index (χ0) is 36.4. The number of aryl methyl sites for hydroxylation is 2. The van der Waals surface area contributed by atoms with E-state index in [1.165, 1.54) is 38.0 Å². The number of thiophene rings is 2. The smallest absolute Gasteiger partial charge is 0.242 e. The fourth-order valence-corrected chi connectivity index (χ4v) is 11.3. The van der Waals surface area contributed by atoms with Crippen LogP contribution in [0, 0.1) is 41.8 Å². The standard InChI is InChI=1S/C39H32ClFN4O5S2/c1-18-24-14-20(40)7-11-30(24)52-34(18)28-16-31(43(3)42-28)45-36(48)26-15-25-22(33(39(26,2)38(45)50)19-6-10-29(46)27(41)13-19)8-9-23-32(25)37(49)44(35(23)47)17-21-5-4-12-51-21/h4-8,10-14,16,23,25-26,32-33,46H,9,15,17H2,1-3H3. The molecular weight excluding hydrogens is 723 g/mol. The molecule has 52 heavy (non-hydrogen) atoms. The average Bonchev–Trinajstić information content (AvgIpc) is 3.92. The topological polar surface area (TPSA) is 113 Å². The van der Waals surface area contributed by atoms with E-state index >= 15 is 4.39 Å². The number of hydrogen-bond acceptors (Lipinski definition) is 8. The number of carbonyl (C=O) groups is 4. The second kappa shape index (κ2) is 11.7. The van der Waals surface area contributed by atoms with Crippen molar-refractivity contribution >= 4 is 73.8 Å². The van der Waals surface area contributed by atoms with E-state index in [2.05, 4.69) is 0 Å². The summed E-state index contributed by atoms with van der Waals surface area (Å²) in [5.41, 5.74) is 1.38. The first-order chi connectivity index (χ1) is 24.9. The Morgan fingerprint density at radius 1 is 1.04 bits per heavy atom. The zero-order valence-corrected chi connectivity index (χ0v) is 30.7. The summed E-state index contributed by atoms with van der Waals surface area (Å²) in [6.45, 7) is 3.91. The van der Waals surface area contributed by atoms with Gasteiger partial charge in [0.25, 0.3) is 0 Å². The first-order valence-electron chi connectivity index (χ1n) is 17.1. The van der Waals surface area contributed by atoms with Gasteiger partial charge in [0, 0.05) is 33.6 Å². The van der Waals surface area contributed by atoms with E-state index < -0.39 is 58.4 Å². The lowest BCUT2D eigenvalue weighted by atomic mass is 9.51. The van der Waals surface area contributed by atoms with Gasteiger partial charge in [0.05, 0.1) is 34.6 Å². The molecule has 9 rings (SSSR count). The van der Waals surface area contributed by atoms with Crippen molar-refractivity contribution < 1.29 is 28.7 Å². The number of carbonyl (C=O) groups excluding carboxylic acids is 4. The summed E-state index contributed by atoms with van der Waals surface area (Å²) in [6.07, 6.45) is 2.40. The van der Waals surface area contributed by atoms with Crippen molar-refractivity contribution in [3.63, 3.8) is 0 Å². The van der Waals surface area contributed by atoms with Crippen LogP contribution in [0.25, 0.3) is 20.7 Å². The molecule has 5 aromatic rings. The van der Waals surface area contributed by atoms with Gasteiger partial charge in [0.1, 0.15) is 11.5 Å². The Morgan fingerprint density at radius 2 is 1.85 bits per heavy atom. The second-order valence-electron chi connectivity index (χ2n) is 14.4. The number of aromatic nitrogens is 2. The quantitative estimate of drug-likeness (QED) is 0.146. The number of aromatic hydroxyl groups is 1. The summed E-state index contributed by atoms with van der Waals surface area (Å²) < 4.78 is 17.7. The highest BCUT2D eigenvalue weighted by Gasteiger charge is 2.68. The molecule has 2 saturated heterocycles. The van der Waals surface area contributed by atoms with Crippen LogP contribution >= 0.6 is 34.3 Å². The number of nitrogens with zero attached hydrogens (tertiary/aromatic N) is 4. The molecule has 5 heterocycles. The molecule has 3 aromatic heterocycles. The van der Waals surface area contributed by atoms with Gasteiger partial charge >= 0.3 is 0 Å². The average molecular weight is 755 g/mol. The molecule has 4 aliphatic rings. The highest BCUT2D eigenvalue weighted by atomic mass is 35.5. The summed E-state index contributed by atoms with van der Waals surface area (Å²) in [4.78, 5) is 61.9. The number of phenols is 1. The van der Waals surface area contributed by atoms with Crippen LogP contribution in [0.4, 0.5) is 10.2 Å². The molecule has 13 heteroatoms. The van der Waals surface area contributed by atoms with E-state index in [0.29, 0.717) is 22.1 Å². The Hall–Kier alpha value is -4.65. The van der Waals surface area contributed by atoms with E-state index in [9.17, 15) is 24.3 Å². The number of benzene rings is 2. The van der Waals surface area contributed by atoms with Crippen LogP contribution in [0.3, 0.4) is 0 Å². The molecule has 1 N–H and O–H groups in total. The maximum absolute atomic E-state index is 15.1. The van der Waals surface area contributed by atoms with Gasteiger partial charge in [-0.1, -0.05) is 35.4 Å². The second-order valence-corrected chi connectivity index (χ2v) is 16.9. The minimum atomic E-state index is -1.37. The molecule has 0 spiro atoms. The number of likely N-dealkylation sites (tertiary alicyclic amines) is 1. The van der Waals surface area contributed by atoms with Gasteiger partial charge < -0.3 is 5.11 Å². The molecule has 3 fully saturated rings. The molecule has 2 aliphatic carbocycles. The van der Waals surface area contributed by atoms with Crippen molar-refractivity contribution in [2.75, 3.05) is 4.90 Å². The number of halogens is 2. The van der Waals surface area contributed by atoms with Crippen LogP contribution < -0.4 is 4.90 Å². The maximum Gasteiger partial charge on any atom is 0.242 e. The molecule has 9 nitrogen and oxygen atoms in total. The summed E-state index contributed by atoms with van der Waals surface area (Å²) in [7, 11) is 1.69. The zero-order valence-electron chi connectivity index (χ0n) is 28.3. The lowest BCUT2D eigenvalue weighted by Gasteiger charge is -2.49. The van der Waals surface area contributed by atoms with Gasteiger partial charge in [0.2, 0.25) is 23.6 Å². The Balaban J connectivity index is 1.14. The van der Waals surface area contributed by atoms with Gasteiger partial charge in [0.15, 0.2) is 11.6 Å². The Morgan fingerprint density at radius 3 is 2.60 bits per heavy atom.